The minimum absolute atomic E-state index is 0.162. The van der Waals surface area contributed by atoms with Crippen LogP contribution >= 0.6 is 15.9 Å². The third-order valence-electron chi connectivity index (χ3n) is 2.84. The van der Waals surface area contributed by atoms with Crippen molar-refractivity contribution in [1.29, 1.82) is 0 Å². The van der Waals surface area contributed by atoms with E-state index in [-0.39, 0.29) is 32.5 Å². The molecule has 2 nitrogen and oxygen atoms in total. The van der Waals surface area contributed by atoms with Crippen LogP contribution in [0.4, 0.5) is 13.2 Å². The minimum Gasteiger partial charge on any atom is -0.297 e. The van der Waals surface area contributed by atoms with Crippen LogP contribution in [0.5, 0.6) is 0 Å². The molecule has 0 amide bonds. The Hall–Kier alpha value is -0.620. The van der Waals surface area contributed by atoms with Crippen LogP contribution in [0, 0.1) is 5.82 Å². The predicted octanol–water partition coefficient (Wildman–Crippen LogP) is 3.21. The molecule has 0 aliphatic carbocycles. The van der Waals surface area contributed by atoms with Crippen molar-refractivity contribution in [2.45, 2.75) is 25.3 Å². The summed E-state index contributed by atoms with van der Waals surface area (Å²) in [4.78, 5) is 5.76. The van der Waals surface area contributed by atoms with Crippen molar-refractivity contribution in [3.05, 3.63) is 28.2 Å². The third-order valence-corrected chi connectivity index (χ3v) is 3.28. The SMILES string of the molecule is Fc1cc(Br)cnc1CN1CCC(F)(F)CC1. The van der Waals surface area contributed by atoms with Gasteiger partial charge >= 0.3 is 0 Å². The molecular formula is C11H12BrF3N2. The van der Waals surface area contributed by atoms with Crippen LogP contribution in [0.3, 0.4) is 0 Å². The Kier molecular flexibility index (Phi) is 3.73. The molecule has 0 saturated carbocycles. The second-order valence-corrected chi connectivity index (χ2v) is 5.13. The number of rotatable bonds is 2. The zero-order valence-corrected chi connectivity index (χ0v) is 10.7. The van der Waals surface area contributed by atoms with Crippen molar-refractivity contribution in [3.63, 3.8) is 0 Å². The quantitative estimate of drug-likeness (QED) is 0.834. The zero-order chi connectivity index (χ0) is 12.5. The van der Waals surface area contributed by atoms with Crippen LogP contribution in [0.2, 0.25) is 0 Å². The van der Waals surface area contributed by atoms with Crippen LogP contribution in [0.1, 0.15) is 18.5 Å². The van der Waals surface area contributed by atoms with E-state index in [0.717, 1.165) is 0 Å². The molecule has 1 aliphatic heterocycles. The number of aromatic nitrogens is 1. The fourth-order valence-electron chi connectivity index (χ4n) is 1.81. The van der Waals surface area contributed by atoms with Gasteiger partial charge in [0, 0.05) is 43.1 Å². The average molecular weight is 309 g/mol. The number of piperidine rings is 1. The van der Waals surface area contributed by atoms with Crippen molar-refractivity contribution in [2.24, 2.45) is 0 Å². The highest BCUT2D eigenvalue weighted by atomic mass is 79.9. The molecule has 0 bridgehead atoms. The van der Waals surface area contributed by atoms with Crippen molar-refractivity contribution >= 4 is 15.9 Å². The number of halogens is 4. The molecule has 0 atom stereocenters. The Labute approximate surface area is 106 Å². The first-order valence-electron chi connectivity index (χ1n) is 5.36. The Morgan fingerprint density at radius 2 is 2.00 bits per heavy atom. The fraction of sp³-hybridized carbons (Fsp3) is 0.545. The first-order chi connectivity index (χ1) is 7.96. The molecule has 0 N–H and O–H groups in total. The molecule has 2 rings (SSSR count). The van der Waals surface area contributed by atoms with E-state index in [1.807, 2.05) is 0 Å². The largest absolute Gasteiger partial charge is 0.297 e. The summed E-state index contributed by atoms with van der Waals surface area (Å²) in [5, 5.41) is 0. The van der Waals surface area contributed by atoms with Gasteiger partial charge in [-0.25, -0.2) is 13.2 Å². The second-order valence-electron chi connectivity index (χ2n) is 4.21. The van der Waals surface area contributed by atoms with Crippen molar-refractivity contribution in [1.82, 2.24) is 9.88 Å². The Morgan fingerprint density at radius 3 is 2.59 bits per heavy atom. The van der Waals surface area contributed by atoms with Gasteiger partial charge in [0.15, 0.2) is 0 Å². The molecule has 17 heavy (non-hydrogen) atoms. The molecule has 1 fully saturated rings. The third kappa shape index (κ3) is 3.42. The number of nitrogens with zero attached hydrogens (tertiary/aromatic N) is 2. The summed E-state index contributed by atoms with van der Waals surface area (Å²) >= 11 is 3.12. The summed E-state index contributed by atoms with van der Waals surface area (Å²) in [6.45, 7) is 0.851. The number of pyridine rings is 1. The van der Waals surface area contributed by atoms with Gasteiger partial charge in [-0.2, -0.15) is 0 Å². The maximum Gasteiger partial charge on any atom is 0.250 e. The van der Waals surface area contributed by atoms with E-state index in [0.29, 0.717) is 10.2 Å². The van der Waals surface area contributed by atoms with Gasteiger partial charge in [-0.1, -0.05) is 0 Å². The first kappa shape index (κ1) is 12.8. The maximum atomic E-state index is 13.5. The van der Waals surface area contributed by atoms with Crippen LogP contribution in [-0.2, 0) is 6.54 Å². The normalized spacial score (nSPS) is 20.5. The fourth-order valence-corrected chi connectivity index (χ4v) is 2.11. The topological polar surface area (TPSA) is 16.1 Å². The summed E-state index contributed by atoms with van der Waals surface area (Å²) in [7, 11) is 0. The average Bonchev–Trinajstić information content (AvgIpc) is 2.25. The number of hydrogen-bond acceptors (Lipinski definition) is 2. The summed E-state index contributed by atoms with van der Waals surface area (Å²) in [6.07, 6.45) is 1.19. The summed E-state index contributed by atoms with van der Waals surface area (Å²) in [5.41, 5.74) is 0.304. The molecule has 94 valence electrons. The second kappa shape index (κ2) is 4.94. The van der Waals surface area contributed by atoms with Crippen LogP contribution in [0.15, 0.2) is 16.7 Å². The number of alkyl halides is 2. The minimum atomic E-state index is -2.57. The lowest BCUT2D eigenvalue weighted by atomic mass is 10.1. The molecule has 1 saturated heterocycles. The highest BCUT2D eigenvalue weighted by Gasteiger charge is 2.34. The van der Waals surface area contributed by atoms with Gasteiger partial charge in [0.2, 0.25) is 0 Å². The number of hydrogen-bond donors (Lipinski definition) is 0. The van der Waals surface area contributed by atoms with Gasteiger partial charge < -0.3 is 0 Å². The van der Waals surface area contributed by atoms with E-state index in [2.05, 4.69) is 20.9 Å². The van der Waals surface area contributed by atoms with Crippen molar-refractivity contribution in [3.8, 4) is 0 Å². The van der Waals surface area contributed by atoms with Gasteiger partial charge in [0.25, 0.3) is 5.92 Å². The molecule has 1 aliphatic rings. The predicted molar refractivity (Wildman–Crippen MR) is 61.4 cm³/mol. The van der Waals surface area contributed by atoms with Gasteiger partial charge in [-0.05, 0) is 22.0 Å². The molecule has 0 unspecified atom stereocenters. The highest BCUT2D eigenvalue weighted by Crippen LogP contribution is 2.28. The van der Waals surface area contributed by atoms with Crippen LogP contribution in [0.25, 0.3) is 0 Å². The molecule has 0 spiro atoms. The number of likely N-dealkylation sites (tertiary alicyclic amines) is 1. The van der Waals surface area contributed by atoms with E-state index >= 15 is 0 Å². The summed E-state index contributed by atoms with van der Waals surface area (Å²) in [5.74, 6) is -2.97. The lowest BCUT2D eigenvalue weighted by Gasteiger charge is -2.31. The van der Waals surface area contributed by atoms with E-state index in [1.165, 1.54) is 12.3 Å². The Morgan fingerprint density at radius 1 is 1.35 bits per heavy atom. The molecule has 1 aromatic rings. The van der Waals surface area contributed by atoms with E-state index in [9.17, 15) is 13.2 Å². The smallest absolute Gasteiger partial charge is 0.250 e. The van der Waals surface area contributed by atoms with E-state index in [4.69, 9.17) is 0 Å². The molecule has 6 heteroatoms. The van der Waals surface area contributed by atoms with E-state index < -0.39 is 11.7 Å². The van der Waals surface area contributed by atoms with Gasteiger partial charge in [0.05, 0.1) is 5.69 Å². The van der Waals surface area contributed by atoms with E-state index in [1.54, 1.807) is 4.90 Å². The van der Waals surface area contributed by atoms with Gasteiger partial charge in [-0.15, -0.1) is 0 Å². The van der Waals surface area contributed by atoms with Crippen LogP contribution < -0.4 is 0 Å². The Bertz CT molecular complexity index is 402. The first-order valence-corrected chi connectivity index (χ1v) is 6.16. The van der Waals surface area contributed by atoms with Gasteiger partial charge in [0.1, 0.15) is 5.82 Å². The van der Waals surface area contributed by atoms with Crippen molar-refractivity contribution < 1.29 is 13.2 Å². The highest BCUT2D eigenvalue weighted by molar-refractivity contribution is 9.10. The standard InChI is InChI=1S/C11H12BrF3N2/c12-8-5-9(13)10(16-6-8)7-17-3-1-11(14,15)2-4-17/h5-6H,1-4,7H2. The van der Waals surface area contributed by atoms with Crippen molar-refractivity contribution in [2.75, 3.05) is 13.1 Å². The lowest BCUT2D eigenvalue weighted by molar-refractivity contribution is -0.0569. The monoisotopic (exact) mass is 308 g/mol. The summed E-state index contributed by atoms with van der Waals surface area (Å²) < 4.78 is 39.9. The zero-order valence-electron chi connectivity index (χ0n) is 9.10. The molecule has 2 heterocycles. The molecular weight excluding hydrogens is 297 g/mol. The maximum absolute atomic E-state index is 13.5. The van der Waals surface area contributed by atoms with Crippen LogP contribution in [-0.4, -0.2) is 28.9 Å². The lowest BCUT2D eigenvalue weighted by Crippen LogP contribution is -2.39. The van der Waals surface area contributed by atoms with Gasteiger partial charge in [-0.3, -0.25) is 9.88 Å². The molecule has 1 aromatic heterocycles. The molecule has 0 aromatic carbocycles. The molecule has 0 radical (unpaired) electrons. The summed E-state index contributed by atoms with van der Waals surface area (Å²) in [6, 6.07) is 1.33. The Balaban J connectivity index is 1.98.